The van der Waals surface area contributed by atoms with Crippen LogP contribution < -0.4 is 5.32 Å². The minimum Gasteiger partial charge on any atom is -0.309 e. The van der Waals surface area contributed by atoms with Crippen molar-refractivity contribution < 1.29 is 0 Å². The Morgan fingerprint density at radius 2 is 2.25 bits per heavy atom. The summed E-state index contributed by atoms with van der Waals surface area (Å²) < 4.78 is 1.35. The van der Waals surface area contributed by atoms with Crippen molar-refractivity contribution in [2.75, 3.05) is 7.05 Å². The SMILES string of the molecule is CCc1ccc(C(NC)c2csc(I)c2)s1. The highest BCUT2D eigenvalue weighted by Gasteiger charge is 2.15. The summed E-state index contributed by atoms with van der Waals surface area (Å²) in [5.74, 6) is 0. The van der Waals surface area contributed by atoms with Gasteiger partial charge in [-0.15, -0.1) is 22.7 Å². The molecule has 0 fully saturated rings. The third kappa shape index (κ3) is 2.67. The van der Waals surface area contributed by atoms with Crippen molar-refractivity contribution in [3.8, 4) is 0 Å². The minimum absolute atomic E-state index is 0.352. The Balaban J connectivity index is 2.28. The number of rotatable bonds is 4. The van der Waals surface area contributed by atoms with Crippen LogP contribution in [-0.2, 0) is 6.42 Å². The molecule has 0 radical (unpaired) electrons. The molecule has 0 spiro atoms. The van der Waals surface area contributed by atoms with Gasteiger partial charge in [0, 0.05) is 9.75 Å². The van der Waals surface area contributed by atoms with E-state index in [0.717, 1.165) is 6.42 Å². The molecule has 1 N–H and O–H groups in total. The van der Waals surface area contributed by atoms with Crippen LogP contribution >= 0.6 is 45.3 Å². The molecular weight excluding hydrogens is 349 g/mol. The van der Waals surface area contributed by atoms with Gasteiger partial charge < -0.3 is 5.32 Å². The molecule has 0 amide bonds. The van der Waals surface area contributed by atoms with Gasteiger partial charge in [-0.2, -0.15) is 0 Å². The molecule has 0 bridgehead atoms. The monoisotopic (exact) mass is 363 g/mol. The van der Waals surface area contributed by atoms with E-state index in [1.54, 1.807) is 11.3 Å². The van der Waals surface area contributed by atoms with Crippen LogP contribution in [0.5, 0.6) is 0 Å². The Hall–Kier alpha value is 0.0900. The zero-order chi connectivity index (χ0) is 11.5. The quantitative estimate of drug-likeness (QED) is 0.800. The first-order valence-corrected chi connectivity index (χ1v) is 8.02. The van der Waals surface area contributed by atoms with E-state index in [1.807, 2.05) is 18.4 Å². The predicted molar refractivity (Wildman–Crippen MR) is 81.6 cm³/mol. The van der Waals surface area contributed by atoms with E-state index < -0.39 is 0 Å². The summed E-state index contributed by atoms with van der Waals surface area (Å²) in [6.07, 6.45) is 1.13. The normalized spacial score (nSPS) is 12.9. The standard InChI is InChI=1S/C12H14INS2/c1-3-9-4-5-10(16-9)12(14-2)8-6-11(13)15-7-8/h4-7,12,14H,3H2,1-2H3. The first-order chi connectivity index (χ1) is 7.74. The third-order valence-corrected chi connectivity index (χ3v) is 5.63. The van der Waals surface area contributed by atoms with E-state index in [2.05, 4.69) is 58.4 Å². The van der Waals surface area contributed by atoms with Crippen LogP contribution in [-0.4, -0.2) is 7.05 Å². The molecule has 2 aromatic rings. The van der Waals surface area contributed by atoms with E-state index in [9.17, 15) is 0 Å². The lowest BCUT2D eigenvalue weighted by Crippen LogP contribution is -2.15. The lowest BCUT2D eigenvalue weighted by Gasteiger charge is -2.12. The van der Waals surface area contributed by atoms with Crippen LogP contribution in [0.3, 0.4) is 0 Å². The van der Waals surface area contributed by atoms with Crippen molar-refractivity contribution in [1.29, 1.82) is 0 Å². The summed E-state index contributed by atoms with van der Waals surface area (Å²) in [6.45, 7) is 2.21. The molecule has 0 aliphatic rings. The second kappa shape index (κ2) is 5.62. The smallest absolute Gasteiger partial charge is 0.0677 e. The maximum Gasteiger partial charge on any atom is 0.0677 e. The fraction of sp³-hybridized carbons (Fsp3) is 0.333. The van der Waals surface area contributed by atoms with Crippen molar-refractivity contribution in [2.45, 2.75) is 19.4 Å². The lowest BCUT2D eigenvalue weighted by molar-refractivity contribution is 0.706. The molecule has 0 aliphatic carbocycles. The van der Waals surface area contributed by atoms with Crippen molar-refractivity contribution >= 4 is 45.3 Å². The van der Waals surface area contributed by atoms with Crippen molar-refractivity contribution in [3.05, 3.63) is 41.8 Å². The molecule has 0 aliphatic heterocycles. The van der Waals surface area contributed by atoms with Crippen LogP contribution in [0, 0.1) is 2.88 Å². The zero-order valence-corrected chi connectivity index (χ0v) is 13.1. The molecule has 16 heavy (non-hydrogen) atoms. The van der Waals surface area contributed by atoms with Gasteiger partial charge in [0.1, 0.15) is 0 Å². The van der Waals surface area contributed by atoms with Gasteiger partial charge in [-0.05, 0) is 65.2 Å². The van der Waals surface area contributed by atoms with Crippen LogP contribution in [0.25, 0.3) is 0 Å². The fourth-order valence-electron chi connectivity index (χ4n) is 1.69. The maximum atomic E-state index is 3.40. The van der Waals surface area contributed by atoms with Crippen LogP contribution in [0.2, 0.25) is 0 Å². The average molecular weight is 363 g/mol. The zero-order valence-electron chi connectivity index (χ0n) is 9.29. The van der Waals surface area contributed by atoms with Gasteiger partial charge in [0.2, 0.25) is 0 Å². The van der Waals surface area contributed by atoms with E-state index in [-0.39, 0.29) is 0 Å². The number of halogens is 1. The Morgan fingerprint density at radius 3 is 2.75 bits per heavy atom. The summed E-state index contributed by atoms with van der Waals surface area (Å²) in [4.78, 5) is 2.87. The van der Waals surface area contributed by atoms with Gasteiger partial charge in [-0.25, -0.2) is 0 Å². The molecular formula is C12H14INS2. The predicted octanol–water partition coefficient (Wildman–Crippen LogP) is 4.29. The highest BCUT2D eigenvalue weighted by molar-refractivity contribution is 14.1. The first kappa shape index (κ1) is 12.5. The van der Waals surface area contributed by atoms with Crippen molar-refractivity contribution in [2.24, 2.45) is 0 Å². The molecule has 1 atom stereocenters. The van der Waals surface area contributed by atoms with Crippen molar-refractivity contribution in [1.82, 2.24) is 5.32 Å². The van der Waals surface area contributed by atoms with Gasteiger partial charge in [0.25, 0.3) is 0 Å². The Labute approximate surface area is 118 Å². The summed E-state index contributed by atoms with van der Waals surface area (Å²) in [5.41, 5.74) is 1.38. The molecule has 2 aromatic heterocycles. The molecule has 86 valence electrons. The van der Waals surface area contributed by atoms with Crippen LogP contribution in [0.4, 0.5) is 0 Å². The highest BCUT2D eigenvalue weighted by Crippen LogP contribution is 2.31. The Bertz CT molecular complexity index is 461. The average Bonchev–Trinajstić information content (AvgIpc) is 2.89. The fourth-order valence-corrected chi connectivity index (χ4v) is 4.18. The topological polar surface area (TPSA) is 12.0 Å². The maximum absolute atomic E-state index is 3.40. The van der Waals surface area contributed by atoms with E-state index in [0.29, 0.717) is 6.04 Å². The summed E-state index contributed by atoms with van der Waals surface area (Å²) in [6, 6.07) is 7.10. The second-order valence-electron chi connectivity index (χ2n) is 3.56. The summed E-state index contributed by atoms with van der Waals surface area (Å²) in [5, 5.41) is 5.64. The Kier molecular flexibility index (Phi) is 4.41. The number of hydrogen-bond donors (Lipinski definition) is 1. The second-order valence-corrected chi connectivity index (χ2v) is 7.57. The number of nitrogens with one attached hydrogen (secondary N) is 1. The highest BCUT2D eigenvalue weighted by atomic mass is 127. The molecule has 0 saturated heterocycles. The molecule has 4 heteroatoms. The van der Waals surface area contributed by atoms with E-state index in [1.165, 1.54) is 18.2 Å². The van der Waals surface area contributed by atoms with Gasteiger partial charge in [0.05, 0.1) is 8.93 Å². The van der Waals surface area contributed by atoms with Gasteiger partial charge in [0.15, 0.2) is 0 Å². The van der Waals surface area contributed by atoms with Gasteiger partial charge in [-0.1, -0.05) is 6.92 Å². The van der Waals surface area contributed by atoms with Crippen LogP contribution in [0.1, 0.15) is 28.3 Å². The Morgan fingerprint density at radius 1 is 1.44 bits per heavy atom. The first-order valence-electron chi connectivity index (χ1n) is 5.24. The number of aryl methyl sites for hydroxylation is 1. The lowest BCUT2D eigenvalue weighted by atomic mass is 10.1. The number of hydrogen-bond acceptors (Lipinski definition) is 3. The molecule has 2 rings (SSSR count). The third-order valence-electron chi connectivity index (χ3n) is 2.53. The molecule has 1 nitrogen and oxygen atoms in total. The summed E-state index contributed by atoms with van der Waals surface area (Å²) >= 11 is 6.09. The van der Waals surface area contributed by atoms with E-state index >= 15 is 0 Å². The number of thiophene rings is 2. The molecule has 0 aromatic carbocycles. The van der Waals surface area contributed by atoms with Gasteiger partial charge >= 0.3 is 0 Å². The molecule has 2 heterocycles. The van der Waals surface area contributed by atoms with Crippen molar-refractivity contribution in [3.63, 3.8) is 0 Å². The minimum atomic E-state index is 0.352. The summed E-state index contributed by atoms with van der Waals surface area (Å²) in [7, 11) is 2.03. The van der Waals surface area contributed by atoms with Crippen LogP contribution in [0.15, 0.2) is 23.6 Å². The molecule has 0 saturated carbocycles. The largest absolute Gasteiger partial charge is 0.309 e. The van der Waals surface area contributed by atoms with E-state index in [4.69, 9.17) is 0 Å². The molecule has 1 unspecified atom stereocenters. The van der Waals surface area contributed by atoms with Gasteiger partial charge in [-0.3, -0.25) is 0 Å².